The molecule has 0 unspecified atom stereocenters. The maximum atomic E-state index is 13.6. The average Bonchev–Trinajstić information content (AvgIpc) is 2.73. The number of anilines is 1. The summed E-state index contributed by atoms with van der Waals surface area (Å²) in [7, 11) is 0. The summed E-state index contributed by atoms with van der Waals surface area (Å²) in [5.74, 6) is -3.11. The van der Waals surface area contributed by atoms with Crippen molar-refractivity contribution < 1.29 is 23.2 Å². The van der Waals surface area contributed by atoms with Gasteiger partial charge in [-0.05, 0) is 43.2 Å². The van der Waals surface area contributed by atoms with Gasteiger partial charge in [0.1, 0.15) is 11.6 Å². The van der Waals surface area contributed by atoms with Crippen molar-refractivity contribution >= 4 is 46.6 Å². The molecule has 3 amide bonds. The van der Waals surface area contributed by atoms with Gasteiger partial charge < -0.3 is 15.5 Å². The SMILES string of the molecule is CCCN(CC(=O)Nc1cc(Cl)ccc1Cl)C(=O)CCCNC(=O)c1ccc(F)cc1F. The lowest BCUT2D eigenvalue weighted by Gasteiger charge is -2.22. The van der Waals surface area contributed by atoms with Gasteiger partial charge in [0, 0.05) is 30.6 Å². The normalized spacial score (nSPS) is 10.5. The summed E-state index contributed by atoms with van der Waals surface area (Å²) in [6.07, 6.45) is 1.02. The topological polar surface area (TPSA) is 78.5 Å². The maximum absolute atomic E-state index is 13.6. The zero-order valence-electron chi connectivity index (χ0n) is 17.4. The quantitative estimate of drug-likeness (QED) is 0.480. The second kappa shape index (κ2) is 12.4. The first-order valence-corrected chi connectivity index (χ1v) is 10.7. The molecule has 2 rings (SSSR count). The van der Waals surface area contributed by atoms with Crippen LogP contribution in [0.2, 0.25) is 10.0 Å². The van der Waals surface area contributed by atoms with Crippen LogP contribution in [-0.2, 0) is 9.59 Å². The van der Waals surface area contributed by atoms with Gasteiger partial charge in [-0.2, -0.15) is 0 Å². The van der Waals surface area contributed by atoms with Crippen molar-refractivity contribution in [1.29, 1.82) is 0 Å². The van der Waals surface area contributed by atoms with Crippen LogP contribution in [0, 0.1) is 11.6 Å². The van der Waals surface area contributed by atoms with E-state index in [4.69, 9.17) is 23.2 Å². The maximum Gasteiger partial charge on any atom is 0.254 e. The van der Waals surface area contributed by atoms with E-state index >= 15 is 0 Å². The molecule has 0 bridgehead atoms. The number of hydrogen-bond acceptors (Lipinski definition) is 3. The second-order valence-electron chi connectivity index (χ2n) is 6.97. The molecule has 2 N–H and O–H groups in total. The van der Waals surface area contributed by atoms with E-state index in [1.165, 1.54) is 11.0 Å². The predicted octanol–water partition coefficient (Wildman–Crippen LogP) is 4.66. The van der Waals surface area contributed by atoms with Gasteiger partial charge in [-0.25, -0.2) is 8.78 Å². The molecule has 0 atom stereocenters. The van der Waals surface area contributed by atoms with Crippen molar-refractivity contribution in [3.8, 4) is 0 Å². The number of carbonyl (C=O) groups is 3. The smallest absolute Gasteiger partial charge is 0.254 e. The second-order valence-corrected chi connectivity index (χ2v) is 7.81. The molecule has 2 aromatic rings. The monoisotopic (exact) mass is 485 g/mol. The lowest BCUT2D eigenvalue weighted by molar-refractivity contribution is -0.134. The number of carbonyl (C=O) groups excluding carboxylic acids is 3. The molecular formula is C22H23Cl2F2N3O3. The Morgan fingerprint density at radius 1 is 1.06 bits per heavy atom. The molecular weight excluding hydrogens is 463 g/mol. The first-order chi connectivity index (χ1) is 15.2. The Hall–Kier alpha value is -2.71. The van der Waals surface area contributed by atoms with Crippen LogP contribution in [0.5, 0.6) is 0 Å². The minimum Gasteiger partial charge on any atom is -0.352 e. The third-order valence-electron chi connectivity index (χ3n) is 4.41. The fraction of sp³-hybridized carbons (Fsp3) is 0.318. The minimum absolute atomic E-state index is 0.0807. The van der Waals surface area contributed by atoms with Gasteiger partial charge in [-0.3, -0.25) is 14.4 Å². The van der Waals surface area contributed by atoms with Crippen LogP contribution < -0.4 is 10.6 Å². The van der Waals surface area contributed by atoms with Crippen molar-refractivity contribution in [2.75, 3.05) is 25.0 Å². The van der Waals surface area contributed by atoms with E-state index in [1.54, 1.807) is 12.1 Å². The van der Waals surface area contributed by atoms with Crippen LogP contribution in [0.3, 0.4) is 0 Å². The van der Waals surface area contributed by atoms with Gasteiger partial charge in [0.25, 0.3) is 5.91 Å². The summed E-state index contributed by atoms with van der Waals surface area (Å²) < 4.78 is 26.6. The van der Waals surface area contributed by atoms with E-state index in [1.807, 2.05) is 6.92 Å². The molecule has 172 valence electrons. The molecule has 6 nitrogen and oxygen atoms in total. The van der Waals surface area contributed by atoms with E-state index in [2.05, 4.69) is 10.6 Å². The fourth-order valence-corrected chi connectivity index (χ4v) is 3.22. The summed E-state index contributed by atoms with van der Waals surface area (Å²) in [6, 6.07) is 7.34. The predicted molar refractivity (Wildman–Crippen MR) is 120 cm³/mol. The van der Waals surface area contributed by atoms with Crippen molar-refractivity contribution in [1.82, 2.24) is 10.2 Å². The molecule has 0 radical (unpaired) electrons. The van der Waals surface area contributed by atoms with Gasteiger partial charge in [-0.1, -0.05) is 30.1 Å². The Morgan fingerprint density at radius 3 is 2.50 bits per heavy atom. The molecule has 0 aliphatic heterocycles. The standard InChI is InChI=1S/C22H23Cl2F2N3O3/c1-2-10-29(13-20(30)28-19-11-14(23)5-8-17(19)24)21(31)4-3-9-27-22(32)16-7-6-15(25)12-18(16)26/h5-8,11-12H,2-4,9-10,13H2,1H3,(H,27,32)(H,28,30). The van der Waals surface area contributed by atoms with Crippen LogP contribution in [0.4, 0.5) is 14.5 Å². The number of amides is 3. The molecule has 0 aliphatic carbocycles. The Labute approximate surface area is 194 Å². The lowest BCUT2D eigenvalue weighted by atomic mass is 10.2. The van der Waals surface area contributed by atoms with Crippen LogP contribution >= 0.6 is 23.2 Å². The van der Waals surface area contributed by atoms with E-state index in [-0.39, 0.29) is 37.4 Å². The Balaban J connectivity index is 1.83. The van der Waals surface area contributed by atoms with Crippen LogP contribution in [0.25, 0.3) is 0 Å². The Morgan fingerprint density at radius 2 is 1.81 bits per heavy atom. The highest BCUT2D eigenvalue weighted by molar-refractivity contribution is 6.35. The molecule has 0 fully saturated rings. The fourth-order valence-electron chi connectivity index (χ4n) is 2.89. The van der Waals surface area contributed by atoms with Gasteiger partial charge in [-0.15, -0.1) is 0 Å². The van der Waals surface area contributed by atoms with Crippen molar-refractivity contribution in [3.63, 3.8) is 0 Å². The van der Waals surface area contributed by atoms with Gasteiger partial charge in [0.15, 0.2) is 0 Å². The van der Waals surface area contributed by atoms with E-state index in [9.17, 15) is 23.2 Å². The number of benzene rings is 2. The van der Waals surface area contributed by atoms with Crippen LogP contribution in [0.1, 0.15) is 36.5 Å². The number of rotatable bonds is 10. The van der Waals surface area contributed by atoms with Crippen molar-refractivity contribution in [2.24, 2.45) is 0 Å². The molecule has 0 aliphatic rings. The van der Waals surface area contributed by atoms with Gasteiger partial charge in [0.05, 0.1) is 22.8 Å². The summed E-state index contributed by atoms with van der Waals surface area (Å²) in [4.78, 5) is 38.3. The Bertz CT molecular complexity index is 989. The highest BCUT2D eigenvalue weighted by Crippen LogP contribution is 2.25. The van der Waals surface area contributed by atoms with Crippen molar-refractivity contribution in [3.05, 3.63) is 63.6 Å². The molecule has 0 spiro atoms. The zero-order chi connectivity index (χ0) is 23.7. The molecule has 0 aromatic heterocycles. The first-order valence-electron chi connectivity index (χ1n) is 9.97. The number of hydrogen-bond donors (Lipinski definition) is 2. The molecule has 0 heterocycles. The average molecular weight is 486 g/mol. The molecule has 0 saturated carbocycles. The largest absolute Gasteiger partial charge is 0.352 e. The summed E-state index contributed by atoms with van der Waals surface area (Å²) in [5.41, 5.74) is 0.0745. The molecule has 32 heavy (non-hydrogen) atoms. The summed E-state index contributed by atoms with van der Waals surface area (Å²) in [5, 5.41) is 5.86. The third kappa shape index (κ3) is 7.76. The number of halogens is 4. The van der Waals surface area contributed by atoms with Crippen LogP contribution in [0.15, 0.2) is 36.4 Å². The van der Waals surface area contributed by atoms with Crippen molar-refractivity contribution in [2.45, 2.75) is 26.2 Å². The zero-order valence-corrected chi connectivity index (χ0v) is 18.9. The highest BCUT2D eigenvalue weighted by Gasteiger charge is 2.18. The number of nitrogens with zero attached hydrogens (tertiary/aromatic N) is 1. The number of nitrogens with one attached hydrogen (secondary N) is 2. The van der Waals surface area contributed by atoms with E-state index in [0.717, 1.165) is 12.1 Å². The molecule has 10 heteroatoms. The van der Waals surface area contributed by atoms with E-state index < -0.39 is 23.4 Å². The summed E-state index contributed by atoms with van der Waals surface area (Å²) >= 11 is 12.0. The van der Waals surface area contributed by atoms with Crippen LogP contribution in [-0.4, -0.2) is 42.3 Å². The van der Waals surface area contributed by atoms with Gasteiger partial charge >= 0.3 is 0 Å². The Kier molecular flexibility index (Phi) is 9.87. The first kappa shape index (κ1) is 25.5. The third-order valence-corrected chi connectivity index (χ3v) is 4.98. The minimum atomic E-state index is -0.960. The molecule has 2 aromatic carbocycles. The molecule has 0 saturated heterocycles. The lowest BCUT2D eigenvalue weighted by Crippen LogP contribution is -2.38. The highest BCUT2D eigenvalue weighted by atomic mass is 35.5. The van der Waals surface area contributed by atoms with Gasteiger partial charge in [0.2, 0.25) is 11.8 Å². The van der Waals surface area contributed by atoms with E-state index in [0.29, 0.717) is 34.8 Å². The summed E-state index contributed by atoms with van der Waals surface area (Å²) in [6.45, 7) is 2.21.